The molecular formula is C15H12ClNO3. The van der Waals surface area contributed by atoms with Crippen molar-refractivity contribution in [3.8, 4) is 11.5 Å². The van der Waals surface area contributed by atoms with E-state index in [1.165, 1.54) is 24.4 Å². The summed E-state index contributed by atoms with van der Waals surface area (Å²) in [6.07, 6.45) is 1.37. The van der Waals surface area contributed by atoms with Gasteiger partial charge in [0.15, 0.2) is 5.78 Å². The number of rotatable bonds is 4. The van der Waals surface area contributed by atoms with E-state index in [0.29, 0.717) is 10.6 Å². The number of halogens is 1. The zero-order valence-corrected chi connectivity index (χ0v) is 11.2. The highest BCUT2D eigenvalue weighted by molar-refractivity contribution is 6.30. The molecule has 0 bridgehead atoms. The van der Waals surface area contributed by atoms with Crippen molar-refractivity contribution in [2.24, 2.45) is 4.99 Å². The number of carbonyl (C=O) groups is 1. The number of carbonyl (C=O) groups excluding carboxylic acids is 1. The normalized spacial score (nSPS) is 10.8. The average Bonchev–Trinajstić information content (AvgIpc) is 2.43. The maximum Gasteiger partial charge on any atom is 0.187 e. The molecule has 0 aliphatic rings. The zero-order chi connectivity index (χ0) is 14.5. The van der Waals surface area contributed by atoms with Gasteiger partial charge in [-0.2, -0.15) is 0 Å². The smallest absolute Gasteiger partial charge is 0.187 e. The topological polar surface area (TPSA) is 69.9 Å². The lowest BCUT2D eigenvalue weighted by molar-refractivity contribution is 0.0999. The molecule has 0 aliphatic carbocycles. The molecule has 0 unspecified atom stereocenters. The van der Waals surface area contributed by atoms with Gasteiger partial charge >= 0.3 is 0 Å². The molecule has 0 radical (unpaired) electrons. The first-order valence-corrected chi connectivity index (χ1v) is 6.25. The number of nitrogens with zero attached hydrogens (tertiary/aromatic N) is 1. The van der Waals surface area contributed by atoms with Gasteiger partial charge in [-0.1, -0.05) is 23.7 Å². The van der Waals surface area contributed by atoms with Crippen LogP contribution >= 0.6 is 11.6 Å². The van der Waals surface area contributed by atoms with Crippen molar-refractivity contribution in [2.75, 3.05) is 6.54 Å². The fraction of sp³-hybridized carbons (Fsp3) is 0.0667. The first-order valence-electron chi connectivity index (χ1n) is 5.87. The van der Waals surface area contributed by atoms with E-state index in [1.54, 1.807) is 24.3 Å². The minimum atomic E-state index is -0.305. The summed E-state index contributed by atoms with van der Waals surface area (Å²) in [4.78, 5) is 15.8. The molecule has 0 saturated heterocycles. The summed E-state index contributed by atoms with van der Waals surface area (Å²) in [6, 6.07) is 10.8. The summed E-state index contributed by atoms with van der Waals surface area (Å²) < 4.78 is 0. The zero-order valence-electron chi connectivity index (χ0n) is 10.5. The number of phenolic OH excluding ortho intramolecular Hbond substituents is 2. The molecule has 0 fully saturated rings. The summed E-state index contributed by atoms with van der Waals surface area (Å²) in [5.41, 5.74) is 0.655. The molecule has 0 aromatic heterocycles. The van der Waals surface area contributed by atoms with Gasteiger partial charge in [-0.3, -0.25) is 9.79 Å². The molecule has 0 aliphatic heterocycles. The standard InChI is InChI=1S/C15H12ClNO3/c16-11-5-6-13(18)10(7-11)8-17-9-15(20)12-3-1-2-4-14(12)19/h1-8,18-19H,9H2. The number of para-hydroxylation sites is 1. The summed E-state index contributed by atoms with van der Waals surface area (Å²) in [7, 11) is 0. The largest absolute Gasteiger partial charge is 0.507 e. The first kappa shape index (κ1) is 14.1. The molecule has 0 saturated carbocycles. The summed E-state index contributed by atoms with van der Waals surface area (Å²) >= 11 is 5.80. The lowest BCUT2D eigenvalue weighted by Crippen LogP contribution is -2.03. The molecule has 2 aromatic rings. The Kier molecular flexibility index (Phi) is 4.38. The molecule has 0 amide bonds. The van der Waals surface area contributed by atoms with Gasteiger partial charge in [-0.05, 0) is 30.3 Å². The van der Waals surface area contributed by atoms with E-state index >= 15 is 0 Å². The lowest BCUT2D eigenvalue weighted by atomic mass is 10.1. The van der Waals surface area contributed by atoms with E-state index in [9.17, 15) is 15.0 Å². The van der Waals surface area contributed by atoms with Crippen LogP contribution in [-0.4, -0.2) is 28.8 Å². The third-order valence-corrected chi connectivity index (χ3v) is 2.89. The van der Waals surface area contributed by atoms with E-state index in [0.717, 1.165) is 0 Å². The van der Waals surface area contributed by atoms with Gasteiger partial charge in [-0.15, -0.1) is 0 Å². The number of hydrogen-bond donors (Lipinski definition) is 2. The van der Waals surface area contributed by atoms with Crippen LogP contribution in [0.2, 0.25) is 5.02 Å². The predicted octanol–water partition coefficient (Wildman–Crippen LogP) is 3.05. The van der Waals surface area contributed by atoms with Crippen molar-refractivity contribution in [1.82, 2.24) is 0 Å². The number of phenols is 2. The van der Waals surface area contributed by atoms with Crippen LogP contribution in [0.15, 0.2) is 47.5 Å². The quantitative estimate of drug-likeness (QED) is 0.671. The van der Waals surface area contributed by atoms with Crippen molar-refractivity contribution < 1.29 is 15.0 Å². The molecule has 0 atom stereocenters. The minimum absolute atomic E-state index is 0.0353. The fourth-order valence-corrected chi connectivity index (χ4v) is 1.83. The number of hydrogen-bond acceptors (Lipinski definition) is 4. The van der Waals surface area contributed by atoms with Crippen LogP contribution in [0.4, 0.5) is 0 Å². The summed E-state index contributed by atoms with van der Waals surface area (Å²) in [5, 5.41) is 19.6. The molecular weight excluding hydrogens is 278 g/mol. The van der Waals surface area contributed by atoms with Gasteiger partial charge in [0, 0.05) is 16.8 Å². The first-order chi connectivity index (χ1) is 9.58. The maximum atomic E-state index is 11.8. The second kappa shape index (κ2) is 6.21. The van der Waals surface area contributed by atoms with Gasteiger partial charge in [0.25, 0.3) is 0 Å². The lowest BCUT2D eigenvalue weighted by Gasteiger charge is -2.01. The Morgan fingerprint density at radius 2 is 1.90 bits per heavy atom. The van der Waals surface area contributed by atoms with Gasteiger partial charge in [0.2, 0.25) is 0 Å². The van der Waals surface area contributed by atoms with Crippen LogP contribution in [0.5, 0.6) is 11.5 Å². The Hall–Kier alpha value is -2.33. The Balaban J connectivity index is 2.09. The van der Waals surface area contributed by atoms with Crippen molar-refractivity contribution >= 4 is 23.6 Å². The SMILES string of the molecule is O=C(CN=Cc1cc(Cl)ccc1O)c1ccccc1O. The van der Waals surface area contributed by atoms with Crippen molar-refractivity contribution in [3.63, 3.8) is 0 Å². The van der Waals surface area contributed by atoms with Crippen LogP contribution < -0.4 is 0 Å². The number of aliphatic imine (C=N–C) groups is 1. The highest BCUT2D eigenvalue weighted by Gasteiger charge is 2.08. The Bertz CT molecular complexity index is 668. The second-order valence-electron chi connectivity index (χ2n) is 4.11. The predicted molar refractivity (Wildman–Crippen MR) is 78.0 cm³/mol. The van der Waals surface area contributed by atoms with E-state index in [4.69, 9.17) is 11.6 Å². The Labute approximate surface area is 121 Å². The van der Waals surface area contributed by atoms with Crippen LogP contribution in [0, 0.1) is 0 Å². The minimum Gasteiger partial charge on any atom is -0.507 e. The van der Waals surface area contributed by atoms with Crippen molar-refractivity contribution in [1.29, 1.82) is 0 Å². The van der Waals surface area contributed by atoms with Gasteiger partial charge in [0.05, 0.1) is 5.56 Å². The number of ketones is 1. The average molecular weight is 290 g/mol. The second-order valence-corrected chi connectivity index (χ2v) is 4.55. The van der Waals surface area contributed by atoms with Crippen LogP contribution in [0.1, 0.15) is 15.9 Å². The molecule has 0 heterocycles. The van der Waals surface area contributed by atoms with Gasteiger partial charge in [0.1, 0.15) is 18.0 Å². The van der Waals surface area contributed by atoms with E-state index < -0.39 is 0 Å². The molecule has 102 valence electrons. The third kappa shape index (κ3) is 3.36. The Morgan fingerprint density at radius 3 is 2.65 bits per heavy atom. The monoisotopic (exact) mass is 289 g/mol. The van der Waals surface area contributed by atoms with E-state index in [1.807, 2.05) is 0 Å². The highest BCUT2D eigenvalue weighted by atomic mass is 35.5. The van der Waals surface area contributed by atoms with Crippen LogP contribution in [-0.2, 0) is 0 Å². The van der Waals surface area contributed by atoms with Crippen LogP contribution in [0.3, 0.4) is 0 Å². The molecule has 0 spiro atoms. The number of Topliss-reactive ketones (excluding diaryl/α,β-unsaturated/α-hetero) is 1. The molecule has 2 rings (SSSR count). The molecule has 4 nitrogen and oxygen atoms in total. The maximum absolute atomic E-state index is 11.8. The highest BCUT2D eigenvalue weighted by Crippen LogP contribution is 2.20. The number of benzene rings is 2. The fourth-order valence-electron chi connectivity index (χ4n) is 1.65. The van der Waals surface area contributed by atoms with Crippen molar-refractivity contribution in [2.45, 2.75) is 0 Å². The molecule has 20 heavy (non-hydrogen) atoms. The number of aromatic hydroxyl groups is 2. The Morgan fingerprint density at radius 1 is 1.15 bits per heavy atom. The van der Waals surface area contributed by atoms with Crippen molar-refractivity contribution in [3.05, 3.63) is 58.6 Å². The summed E-state index contributed by atoms with van der Waals surface area (Å²) in [5.74, 6) is -0.340. The summed E-state index contributed by atoms with van der Waals surface area (Å²) in [6.45, 7) is -0.122. The van der Waals surface area contributed by atoms with Gasteiger partial charge in [-0.25, -0.2) is 0 Å². The third-order valence-electron chi connectivity index (χ3n) is 2.66. The van der Waals surface area contributed by atoms with E-state index in [2.05, 4.69) is 4.99 Å². The molecule has 5 heteroatoms. The van der Waals surface area contributed by atoms with Crippen LogP contribution in [0.25, 0.3) is 0 Å². The van der Waals surface area contributed by atoms with Gasteiger partial charge < -0.3 is 10.2 Å². The van der Waals surface area contributed by atoms with E-state index in [-0.39, 0.29) is 29.4 Å². The molecule has 2 aromatic carbocycles. The molecule has 2 N–H and O–H groups in total.